The lowest BCUT2D eigenvalue weighted by molar-refractivity contribution is -0.153. The van der Waals surface area contributed by atoms with Crippen LogP contribution in [0.15, 0.2) is 18.2 Å². The summed E-state index contributed by atoms with van der Waals surface area (Å²) < 4.78 is 23.3. The molecule has 0 spiro atoms. The van der Waals surface area contributed by atoms with Crippen LogP contribution < -0.4 is 4.74 Å². The standard InChI is InChI=1S/C15H19FO4/c1-4-20-15(18)14(17)8-10(2)7-11-5-6-12(19-3)9-13(11)16/h5-6,9-10H,4,7-8H2,1-3H3. The summed E-state index contributed by atoms with van der Waals surface area (Å²) in [5, 5.41) is 0. The zero-order chi connectivity index (χ0) is 15.1. The third kappa shape index (κ3) is 4.64. The second-order valence-corrected chi connectivity index (χ2v) is 4.61. The highest BCUT2D eigenvalue weighted by Crippen LogP contribution is 2.20. The molecule has 1 unspecified atom stereocenters. The quantitative estimate of drug-likeness (QED) is 0.569. The molecule has 0 saturated carbocycles. The van der Waals surface area contributed by atoms with Gasteiger partial charge in [-0.3, -0.25) is 4.79 Å². The summed E-state index contributed by atoms with van der Waals surface area (Å²) in [6.07, 6.45) is 0.422. The Kier molecular flexibility index (Phi) is 6.15. The van der Waals surface area contributed by atoms with Crippen LogP contribution in [-0.4, -0.2) is 25.5 Å². The number of benzene rings is 1. The van der Waals surface area contributed by atoms with E-state index in [1.165, 1.54) is 13.2 Å². The molecule has 1 aromatic carbocycles. The summed E-state index contributed by atoms with van der Waals surface area (Å²) >= 11 is 0. The van der Waals surface area contributed by atoms with E-state index in [2.05, 4.69) is 4.74 Å². The van der Waals surface area contributed by atoms with Gasteiger partial charge in [0, 0.05) is 12.5 Å². The first kappa shape index (κ1) is 16.1. The Morgan fingerprint density at radius 1 is 1.35 bits per heavy atom. The van der Waals surface area contributed by atoms with Gasteiger partial charge in [-0.1, -0.05) is 13.0 Å². The number of methoxy groups -OCH3 is 1. The van der Waals surface area contributed by atoms with Crippen molar-refractivity contribution in [1.82, 2.24) is 0 Å². The molecule has 0 fully saturated rings. The molecule has 1 atom stereocenters. The third-order valence-corrected chi connectivity index (χ3v) is 2.87. The SMILES string of the molecule is CCOC(=O)C(=O)CC(C)Cc1ccc(OC)cc1F. The second-order valence-electron chi connectivity index (χ2n) is 4.61. The van der Waals surface area contributed by atoms with Crippen LogP contribution in [0.1, 0.15) is 25.8 Å². The molecule has 0 aliphatic carbocycles. The summed E-state index contributed by atoms with van der Waals surface area (Å²) in [4.78, 5) is 22.7. The molecule has 0 saturated heterocycles. The zero-order valence-corrected chi connectivity index (χ0v) is 11.9. The van der Waals surface area contributed by atoms with Gasteiger partial charge in [0.05, 0.1) is 13.7 Å². The Labute approximate surface area is 117 Å². The van der Waals surface area contributed by atoms with E-state index in [1.807, 2.05) is 0 Å². The lowest BCUT2D eigenvalue weighted by atomic mass is 9.96. The maximum atomic E-state index is 13.8. The summed E-state index contributed by atoms with van der Waals surface area (Å²) in [6.45, 7) is 3.61. The topological polar surface area (TPSA) is 52.6 Å². The molecule has 110 valence electrons. The number of Topliss-reactive ketones (excluding diaryl/α,β-unsaturated/α-hetero) is 1. The smallest absolute Gasteiger partial charge is 0.374 e. The van der Waals surface area contributed by atoms with Crippen molar-refractivity contribution in [2.75, 3.05) is 13.7 Å². The van der Waals surface area contributed by atoms with Crippen LogP contribution in [0.3, 0.4) is 0 Å². The van der Waals surface area contributed by atoms with Crippen LogP contribution in [-0.2, 0) is 20.7 Å². The second kappa shape index (κ2) is 7.62. The molecule has 4 nitrogen and oxygen atoms in total. The Balaban J connectivity index is 2.60. The van der Waals surface area contributed by atoms with E-state index in [0.29, 0.717) is 17.7 Å². The summed E-state index contributed by atoms with van der Waals surface area (Å²) in [5.74, 6) is -1.47. The number of ketones is 1. The van der Waals surface area contributed by atoms with Crippen LogP contribution >= 0.6 is 0 Å². The number of hydrogen-bond donors (Lipinski definition) is 0. The zero-order valence-electron chi connectivity index (χ0n) is 11.9. The molecule has 0 amide bonds. The van der Waals surface area contributed by atoms with Crippen LogP contribution in [0.5, 0.6) is 5.75 Å². The molecule has 0 N–H and O–H groups in total. The molecule has 0 bridgehead atoms. The average molecular weight is 282 g/mol. The third-order valence-electron chi connectivity index (χ3n) is 2.87. The fourth-order valence-electron chi connectivity index (χ4n) is 1.88. The molecule has 0 radical (unpaired) electrons. The van der Waals surface area contributed by atoms with Gasteiger partial charge in [0.2, 0.25) is 5.78 Å². The van der Waals surface area contributed by atoms with E-state index in [1.54, 1.807) is 26.0 Å². The highest BCUT2D eigenvalue weighted by atomic mass is 19.1. The van der Waals surface area contributed by atoms with Crippen molar-refractivity contribution in [1.29, 1.82) is 0 Å². The van der Waals surface area contributed by atoms with Crippen LogP contribution in [0.25, 0.3) is 0 Å². The predicted octanol–water partition coefficient (Wildman–Crippen LogP) is 2.54. The normalized spacial score (nSPS) is 11.8. The van der Waals surface area contributed by atoms with Crippen molar-refractivity contribution in [2.24, 2.45) is 5.92 Å². The number of ether oxygens (including phenoxy) is 2. The van der Waals surface area contributed by atoms with E-state index in [4.69, 9.17) is 4.74 Å². The molecule has 1 aromatic rings. The van der Waals surface area contributed by atoms with Crippen molar-refractivity contribution in [3.05, 3.63) is 29.6 Å². The highest BCUT2D eigenvalue weighted by molar-refractivity contribution is 6.33. The maximum Gasteiger partial charge on any atom is 0.374 e. The van der Waals surface area contributed by atoms with Gasteiger partial charge < -0.3 is 9.47 Å². The van der Waals surface area contributed by atoms with Crippen LogP contribution in [0.2, 0.25) is 0 Å². The van der Waals surface area contributed by atoms with E-state index in [-0.39, 0.29) is 24.8 Å². The first-order valence-corrected chi connectivity index (χ1v) is 6.50. The minimum Gasteiger partial charge on any atom is -0.497 e. The highest BCUT2D eigenvalue weighted by Gasteiger charge is 2.19. The summed E-state index contributed by atoms with van der Waals surface area (Å²) in [5.41, 5.74) is 0.495. The lowest BCUT2D eigenvalue weighted by Crippen LogP contribution is -2.20. The predicted molar refractivity (Wildman–Crippen MR) is 72.1 cm³/mol. The van der Waals surface area contributed by atoms with Crippen molar-refractivity contribution >= 4 is 11.8 Å². The summed E-state index contributed by atoms with van der Waals surface area (Å²) in [6, 6.07) is 4.59. The van der Waals surface area contributed by atoms with Crippen molar-refractivity contribution in [3.8, 4) is 5.75 Å². The molecule has 0 heterocycles. The first-order valence-electron chi connectivity index (χ1n) is 6.50. The molecular formula is C15H19FO4. The van der Waals surface area contributed by atoms with Crippen LogP contribution in [0, 0.1) is 11.7 Å². The Hall–Kier alpha value is -1.91. The monoisotopic (exact) mass is 282 g/mol. The van der Waals surface area contributed by atoms with Gasteiger partial charge in [0.25, 0.3) is 0 Å². The van der Waals surface area contributed by atoms with Gasteiger partial charge >= 0.3 is 5.97 Å². The minimum absolute atomic E-state index is 0.0459. The largest absolute Gasteiger partial charge is 0.497 e. The number of carbonyl (C=O) groups is 2. The van der Waals surface area contributed by atoms with E-state index < -0.39 is 11.8 Å². The van der Waals surface area contributed by atoms with E-state index in [0.717, 1.165) is 0 Å². The Bertz CT molecular complexity index is 485. The maximum absolute atomic E-state index is 13.8. The van der Waals surface area contributed by atoms with Gasteiger partial charge in [0.15, 0.2) is 0 Å². The van der Waals surface area contributed by atoms with Crippen LogP contribution in [0.4, 0.5) is 4.39 Å². The minimum atomic E-state index is -0.824. The molecule has 0 aliphatic rings. The number of hydrogen-bond acceptors (Lipinski definition) is 4. The van der Waals surface area contributed by atoms with Gasteiger partial charge in [-0.25, -0.2) is 9.18 Å². The Morgan fingerprint density at radius 2 is 2.05 bits per heavy atom. The van der Waals surface area contributed by atoms with E-state index >= 15 is 0 Å². The van der Waals surface area contributed by atoms with Gasteiger partial charge in [-0.05, 0) is 30.9 Å². The molecule has 1 rings (SSSR count). The molecule has 5 heteroatoms. The fraction of sp³-hybridized carbons (Fsp3) is 0.467. The molecular weight excluding hydrogens is 263 g/mol. The average Bonchev–Trinajstić information content (AvgIpc) is 2.41. The molecule has 20 heavy (non-hydrogen) atoms. The molecule has 0 aliphatic heterocycles. The fourth-order valence-corrected chi connectivity index (χ4v) is 1.88. The van der Waals surface area contributed by atoms with Gasteiger partial charge in [0.1, 0.15) is 11.6 Å². The van der Waals surface area contributed by atoms with E-state index in [9.17, 15) is 14.0 Å². The van der Waals surface area contributed by atoms with Gasteiger partial charge in [-0.15, -0.1) is 0 Å². The van der Waals surface area contributed by atoms with Crippen molar-refractivity contribution < 1.29 is 23.5 Å². The lowest BCUT2D eigenvalue weighted by Gasteiger charge is -2.11. The number of esters is 1. The number of carbonyl (C=O) groups excluding carboxylic acids is 2. The number of halogens is 1. The first-order chi connectivity index (χ1) is 9.47. The molecule has 0 aromatic heterocycles. The van der Waals surface area contributed by atoms with Crippen molar-refractivity contribution in [3.63, 3.8) is 0 Å². The Morgan fingerprint density at radius 3 is 2.60 bits per heavy atom. The summed E-state index contributed by atoms with van der Waals surface area (Å²) in [7, 11) is 1.47. The van der Waals surface area contributed by atoms with Crippen molar-refractivity contribution in [2.45, 2.75) is 26.7 Å². The number of rotatable bonds is 7. The van der Waals surface area contributed by atoms with Gasteiger partial charge in [-0.2, -0.15) is 0 Å².